The molecule has 0 aliphatic heterocycles. The molecule has 3 rings (SSSR count). The molecule has 11 N–H and O–H groups in total. The number of hydrogen-bond acceptors (Lipinski definition) is 6. The third-order valence-electron chi connectivity index (χ3n) is 7.08. The van der Waals surface area contributed by atoms with Crippen molar-refractivity contribution in [3.63, 3.8) is 0 Å². The van der Waals surface area contributed by atoms with Gasteiger partial charge in [-0.15, -0.1) is 0 Å². The van der Waals surface area contributed by atoms with E-state index >= 15 is 0 Å². The topological polar surface area (TPSA) is 204 Å². The number of benzene rings is 3. The highest BCUT2D eigenvalue weighted by Crippen LogP contribution is 2.20. The first kappa shape index (κ1) is 33.8. The van der Waals surface area contributed by atoms with Gasteiger partial charge >= 0.3 is 0 Å². The number of carbonyl (C=O) groups excluding carboxylic acids is 3. The van der Waals surface area contributed by atoms with E-state index in [1.54, 1.807) is 0 Å². The fraction of sp³-hybridized carbons (Fsp3) is 0.333. The number of nitrogens with two attached hydrogens (primary N) is 4. The molecular weight excluding hydrogens is 556 g/mol. The standard InChI is InChI=1S/C33H44N8O3/c34-19-7-14-28(31(43)39-22-24-9-3-1-4-10-24)40-32(44)29(41-30(42)27(35)13-8-20-38-33(36)37)21-23-15-17-26(18-16-23)25-11-5-2-6-12-25/h1-6,9-12,15-18,27-29H,7-8,13-14,19-22,34-35H2,(H,39,43)(H,40,44)(H,41,42)(H4,36,37,38)/t27-,28-,29-/m0/s1. The van der Waals surface area contributed by atoms with Crippen LogP contribution in [0.2, 0.25) is 0 Å². The van der Waals surface area contributed by atoms with Crippen molar-refractivity contribution >= 4 is 23.7 Å². The summed E-state index contributed by atoms with van der Waals surface area (Å²) in [5.41, 5.74) is 26.4. The number of nitrogens with zero attached hydrogens (tertiary/aromatic N) is 1. The molecule has 0 fully saturated rings. The molecule has 0 radical (unpaired) electrons. The van der Waals surface area contributed by atoms with E-state index in [0.29, 0.717) is 45.3 Å². The summed E-state index contributed by atoms with van der Waals surface area (Å²) in [4.78, 5) is 43.8. The minimum Gasteiger partial charge on any atom is -0.370 e. The summed E-state index contributed by atoms with van der Waals surface area (Å²) in [6, 6.07) is 24.5. The van der Waals surface area contributed by atoms with Crippen LogP contribution in [0.3, 0.4) is 0 Å². The average Bonchev–Trinajstić information content (AvgIpc) is 3.04. The SMILES string of the molecule is NCCC[C@H](NC(=O)[C@H](Cc1ccc(-c2ccccc2)cc1)NC(=O)[C@@H](N)CCCN=C(N)N)C(=O)NCc1ccccc1. The maximum absolute atomic E-state index is 13.7. The summed E-state index contributed by atoms with van der Waals surface area (Å²) in [5, 5.41) is 8.54. The molecule has 0 aromatic heterocycles. The second-order valence-electron chi connectivity index (χ2n) is 10.6. The molecule has 44 heavy (non-hydrogen) atoms. The first-order chi connectivity index (χ1) is 21.3. The van der Waals surface area contributed by atoms with E-state index in [4.69, 9.17) is 22.9 Å². The largest absolute Gasteiger partial charge is 0.370 e. The van der Waals surface area contributed by atoms with Crippen LogP contribution in [0.5, 0.6) is 0 Å². The highest BCUT2D eigenvalue weighted by Gasteiger charge is 2.28. The van der Waals surface area contributed by atoms with E-state index < -0.39 is 29.9 Å². The smallest absolute Gasteiger partial charge is 0.243 e. The van der Waals surface area contributed by atoms with Gasteiger partial charge in [0, 0.05) is 19.5 Å². The molecule has 3 amide bonds. The number of carbonyl (C=O) groups is 3. The van der Waals surface area contributed by atoms with Gasteiger partial charge in [-0.05, 0) is 54.5 Å². The van der Waals surface area contributed by atoms with Crippen LogP contribution in [0, 0.1) is 0 Å². The Hall–Kier alpha value is -4.74. The summed E-state index contributed by atoms with van der Waals surface area (Å²) in [6.07, 6.45) is 1.89. The zero-order chi connectivity index (χ0) is 31.7. The van der Waals surface area contributed by atoms with Gasteiger partial charge in [0.1, 0.15) is 12.1 Å². The van der Waals surface area contributed by atoms with Crippen molar-refractivity contribution in [3.8, 4) is 11.1 Å². The molecule has 11 heteroatoms. The monoisotopic (exact) mass is 600 g/mol. The van der Waals surface area contributed by atoms with Crippen molar-refractivity contribution in [2.75, 3.05) is 13.1 Å². The Morgan fingerprint density at radius 2 is 1.30 bits per heavy atom. The Morgan fingerprint density at radius 3 is 1.93 bits per heavy atom. The third kappa shape index (κ3) is 11.5. The van der Waals surface area contributed by atoms with Gasteiger partial charge in [-0.1, -0.05) is 84.9 Å². The van der Waals surface area contributed by atoms with Gasteiger partial charge in [0.05, 0.1) is 6.04 Å². The Bertz CT molecular complexity index is 1350. The van der Waals surface area contributed by atoms with Crippen molar-refractivity contribution in [1.29, 1.82) is 0 Å². The Balaban J connectivity index is 1.74. The average molecular weight is 601 g/mol. The molecule has 0 spiro atoms. The molecule has 0 aliphatic carbocycles. The first-order valence-electron chi connectivity index (χ1n) is 14.8. The van der Waals surface area contributed by atoms with Crippen LogP contribution in [0.1, 0.15) is 36.8 Å². The van der Waals surface area contributed by atoms with Crippen molar-refractivity contribution < 1.29 is 14.4 Å². The fourth-order valence-electron chi connectivity index (χ4n) is 4.61. The van der Waals surface area contributed by atoms with E-state index in [9.17, 15) is 14.4 Å². The van der Waals surface area contributed by atoms with Crippen molar-refractivity contribution in [2.45, 2.75) is 56.8 Å². The molecule has 234 valence electrons. The quantitative estimate of drug-likeness (QED) is 0.0687. The summed E-state index contributed by atoms with van der Waals surface area (Å²) in [7, 11) is 0. The van der Waals surface area contributed by atoms with Crippen molar-refractivity contribution in [2.24, 2.45) is 27.9 Å². The predicted octanol–water partition coefficient (Wildman–Crippen LogP) is 1.30. The molecule has 3 aromatic carbocycles. The molecular formula is C33H44N8O3. The van der Waals surface area contributed by atoms with Crippen LogP contribution < -0.4 is 38.9 Å². The highest BCUT2D eigenvalue weighted by atomic mass is 16.2. The normalized spacial score (nSPS) is 12.8. The van der Waals surface area contributed by atoms with Gasteiger partial charge in [0.15, 0.2) is 5.96 Å². The second-order valence-corrected chi connectivity index (χ2v) is 10.6. The zero-order valence-electron chi connectivity index (χ0n) is 25.0. The number of amides is 3. The number of guanidine groups is 1. The van der Waals surface area contributed by atoms with E-state index in [2.05, 4.69) is 20.9 Å². The van der Waals surface area contributed by atoms with Gasteiger partial charge in [0.2, 0.25) is 17.7 Å². The number of nitrogens with one attached hydrogen (secondary N) is 3. The fourth-order valence-corrected chi connectivity index (χ4v) is 4.61. The zero-order valence-corrected chi connectivity index (χ0v) is 25.0. The Morgan fingerprint density at radius 1 is 0.682 bits per heavy atom. The highest BCUT2D eigenvalue weighted by molar-refractivity contribution is 5.93. The molecule has 0 unspecified atom stereocenters. The van der Waals surface area contributed by atoms with E-state index in [1.165, 1.54) is 0 Å². The molecule has 0 saturated heterocycles. The van der Waals surface area contributed by atoms with E-state index in [1.807, 2.05) is 84.9 Å². The molecule has 11 nitrogen and oxygen atoms in total. The van der Waals surface area contributed by atoms with Gasteiger partial charge in [0.25, 0.3) is 0 Å². The van der Waals surface area contributed by atoms with Gasteiger partial charge in [-0.2, -0.15) is 0 Å². The summed E-state index contributed by atoms with van der Waals surface area (Å²) < 4.78 is 0. The van der Waals surface area contributed by atoms with Crippen molar-refractivity contribution in [3.05, 3.63) is 96.1 Å². The maximum Gasteiger partial charge on any atom is 0.243 e. The predicted molar refractivity (Wildman–Crippen MR) is 174 cm³/mol. The number of rotatable bonds is 17. The van der Waals surface area contributed by atoms with Crippen LogP contribution in [0.25, 0.3) is 11.1 Å². The molecule has 3 atom stereocenters. The van der Waals surface area contributed by atoms with Crippen LogP contribution >= 0.6 is 0 Å². The lowest BCUT2D eigenvalue weighted by atomic mass is 9.99. The summed E-state index contributed by atoms with van der Waals surface area (Å²) in [6.45, 7) is 1.01. The Kier molecular flexibility index (Phi) is 13.8. The van der Waals surface area contributed by atoms with E-state index in [0.717, 1.165) is 22.3 Å². The van der Waals surface area contributed by atoms with E-state index in [-0.39, 0.29) is 18.3 Å². The molecule has 3 aromatic rings. The number of hydrogen-bond donors (Lipinski definition) is 7. The lowest BCUT2D eigenvalue weighted by Gasteiger charge is -2.24. The lowest BCUT2D eigenvalue weighted by Crippen LogP contribution is -2.56. The minimum absolute atomic E-state index is 0.0324. The van der Waals surface area contributed by atoms with Gasteiger partial charge in [-0.25, -0.2) is 0 Å². The molecule has 0 aliphatic rings. The van der Waals surface area contributed by atoms with Crippen LogP contribution in [0.15, 0.2) is 89.9 Å². The minimum atomic E-state index is -0.976. The maximum atomic E-state index is 13.7. The third-order valence-corrected chi connectivity index (χ3v) is 7.08. The van der Waals surface area contributed by atoms with Crippen LogP contribution in [-0.4, -0.2) is 54.9 Å². The van der Waals surface area contributed by atoms with Gasteiger partial charge in [-0.3, -0.25) is 19.4 Å². The van der Waals surface area contributed by atoms with Crippen molar-refractivity contribution in [1.82, 2.24) is 16.0 Å². The molecule has 0 saturated carbocycles. The summed E-state index contributed by atoms with van der Waals surface area (Å²) in [5.74, 6) is -1.34. The van der Waals surface area contributed by atoms with Gasteiger partial charge < -0.3 is 38.9 Å². The second kappa shape index (κ2) is 18.0. The lowest BCUT2D eigenvalue weighted by molar-refractivity contribution is -0.132. The first-order valence-corrected chi connectivity index (χ1v) is 14.8. The number of aliphatic imine (C=N–C) groups is 1. The van der Waals surface area contributed by atoms with Crippen LogP contribution in [-0.2, 0) is 27.3 Å². The van der Waals surface area contributed by atoms with Crippen LogP contribution in [0.4, 0.5) is 0 Å². The Labute approximate surface area is 258 Å². The molecule has 0 bridgehead atoms. The summed E-state index contributed by atoms with van der Waals surface area (Å²) >= 11 is 0. The molecule has 0 heterocycles.